The van der Waals surface area contributed by atoms with Crippen molar-refractivity contribution in [3.05, 3.63) is 0 Å². The highest BCUT2D eigenvalue weighted by Crippen LogP contribution is 2.23. The van der Waals surface area contributed by atoms with E-state index in [1.807, 2.05) is 39.3 Å². The second-order valence-corrected chi connectivity index (χ2v) is 22.3. The average Bonchev–Trinajstić information content (AvgIpc) is 2.26. The van der Waals surface area contributed by atoms with Crippen LogP contribution >= 0.6 is 0 Å². The molecule has 0 heterocycles. The van der Waals surface area contributed by atoms with Crippen LogP contribution in [-0.4, -0.2) is 67.8 Å². The van der Waals surface area contributed by atoms with Crippen LogP contribution in [0.3, 0.4) is 0 Å². The minimum absolute atomic E-state index is 0.0152. The van der Waals surface area contributed by atoms with Crippen molar-refractivity contribution in [2.45, 2.75) is 45.8 Å². The smallest absolute Gasteiger partial charge is 0.342 e. The van der Waals surface area contributed by atoms with Crippen molar-refractivity contribution in [1.29, 1.82) is 0 Å². The molecule has 0 aromatic rings. The van der Waals surface area contributed by atoms with Gasteiger partial charge in [-0.15, -0.1) is 0 Å². The Morgan fingerprint density at radius 2 is 1.00 bits per heavy atom. The molecule has 1 atom stereocenters. The van der Waals surface area contributed by atoms with E-state index in [9.17, 15) is 15.3 Å². The van der Waals surface area contributed by atoms with Gasteiger partial charge in [-0.25, -0.2) is 0 Å². The van der Waals surface area contributed by atoms with Gasteiger partial charge in [0.2, 0.25) is 16.6 Å². The monoisotopic (exact) mass is 358 g/mol. The van der Waals surface area contributed by atoms with Gasteiger partial charge >= 0.3 is 17.1 Å². The molecular formula is C10H30O6Si4. The summed E-state index contributed by atoms with van der Waals surface area (Å²) in [7, 11) is -9.70. The minimum Gasteiger partial charge on any atom is -0.435 e. The maximum atomic E-state index is 9.64. The fourth-order valence-electron chi connectivity index (χ4n) is 1.94. The van der Waals surface area contributed by atoms with Gasteiger partial charge in [0.1, 0.15) is 0 Å². The predicted octanol–water partition coefficient (Wildman–Crippen LogP) is 0.815. The fraction of sp³-hybridized carbons (Fsp3) is 1.00. The quantitative estimate of drug-likeness (QED) is 0.529. The molecule has 0 rings (SSSR count). The number of rotatable bonds is 9. The van der Waals surface area contributed by atoms with Crippen molar-refractivity contribution in [3.63, 3.8) is 0 Å². The fourth-order valence-corrected chi connectivity index (χ4v) is 18.2. The molecule has 0 aromatic heterocycles. The van der Waals surface area contributed by atoms with E-state index in [4.69, 9.17) is 12.3 Å². The van der Waals surface area contributed by atoms with E-state index in [1.54, 1.807) is 6.55 Å². The van der Waals surface area contributed by atoms with Crippen LogP contribution in [0.4, 0.5) is 0 Å². The zero-order chi connectivity index (χ0) is 16.2. The molecule has 0 amide bonds. The first-order valence-corrected chi connectivity index (χ1v) is 18.3. The molecule has 0 aromatic carbocycles. The molecule has 0 radical (unpaired) electrons. The van der Waals surface area contributed by atoms with Crippen molar-refractivity contribution in [1.82, 2.24) is 0 Å². The molecule has 0 bridgehead atoms. The summed E-state index contributed by atoms with van der Waals surface area (Å²) in [5, 5.41) is 28.3. The van der Waals surface area contributed by atoms with Gasteiger partial charge in [0.25, 0.3) is 0 Å². The van der Waals surface area contributed by atoms with E-state index in [0.717, 1.165) is 0 Å². The van der Waals surface area contributed by atoms with Gasteiger partial charge in [-0.1, -0.05) is 0 Å². The average molecular weight is 359 g/mol. The van der Waals surface area contributed by atoms with Crippen molar-refractivity contribution in [2.75, 3.05) is 18.7 Å². The molecule has 10 heteroatoms. The second-order valence-electron chi connectivity index (χ2n) is 6.83. The Morgan fingerprint density at radius 1 is 0.600 bits per heavy atom. The third-order valence-electron chi connectivity index (χ3n) is 2.52. The topological polar surface area (TPSA) is 88.4 Å². The Labute approximate surface area is 126 Å². The van der Waals surface area contributed by atoms with Gasteiger partial charge in [0, 0.05) is 0 Å². The molecule has 0 saturated heterocycles. The van der Waals surface area contributed by atoms with E-state index < -0.39 is 33.8 Å². The summed E-state index contributed by atoms with van der Waals surface area (Å²) in [5.74, 6) is 0. The van der Waals surface area contributed by atoms with E-state index in [0.29, 0.717) is 0 Å². The summed E-state index contributed by atoms with van der Waals surface area (Å²) in [6.45, 7) is 13.2. The molecule has 0 fully saturated rings. The Hall–Kier alpha value is 0.628. The summed E-state index contributed by atoms with van der Waals surface area (Å²) in [5.41, 5.74) is 0. The number of aliphatic hydroxyl groups excluding tert-OH is 3. The van der Waals surface area contributed by atoms with Gasteiger partial charge in [0.15, 0.2) is 0 Å². The Balaban J connectivity index is 4.93. The normalized spacial score (nSPS) is 17.1. The molecule has 122 valence electrons. The third kappa shape index (κ3) is 7.58. The van der Waals surface area contributed by atoms with Crippen LogP contribution in [0.25, 0.3) is 0 Å². The van der Waals surface area contributed by atoms with Crippen molar-refractivity contribution in [2.24, 2.45) is 0 Å². The summed E-state index contributed by atoms with van der Waals surface area (Å²) in [6, 6.07) is 0. The number of hydrogen-bond acceptors (Lipinski definition) is 6. The molecule has 0 aliphatic rings. The lowest BCUT2D eigenvalue weighted by Crippen LogP contribution is -2.61. The summed E-state index contributed by atoms with van der Waals surface area (Å²) in [6.07, 6.45) is -0.162. The van der Waals surface area contributed by atoms with Crippen LogP contribution in [0.15, 0.2) is 0 Å². The first kappa shape index (κ1) is 20.6. The minimum atomic E-state index is -2.79. The van der Waals surface area contributed by atoms with Crippen molar-refractivity contribution >= 4 is 33.8 Å². The van der Waals surface area contributed by atoms with Gasteiger partial charge in [0.05, 0.1) is 18.7 Å². The first-order chi connectivity index (χ1) is 8.80. The lowest BCUT2D eigenvalue weighted by atomic mass is 11.7. The maximum Gasteiger partial charge on any atom is 0.342 e. The van der Waals surface area contributed by atoms with Crippen LogP contribution < -0.4 is 0 Å². The lowest BCUT2D eigenvalue weighted by Gasteiger charge is -2.41. The second kappa shape index (κ2) is 7.26. The van der Waals surface area contributed by atoms with Gasteiger partial charge in [-0.05, 0) is 45.8 Å². The van der Waals surface area contributed by atoms with Crippen LogP contribution in [0.5, 0.6) is 0 Å². The van der Waals surface area contributed by atoms with Crippen LogP contribution in [0, 0.1) is 0 Å². The van der Waals surface area contributed by atoms with E-state index in [1.165, 1.54) is 0 Å². The van der Waals surface area contributed by atoms with Gasteiger partial charge < -0.3 is 27.7 Å². The van der Waals surface area contributed by atoms with Crippen molar-refractivity contribution in [3.8, 4) is 0 Å². The predicted molar refractivity (Wildman–Crippen MR) is 88.6 cm³/mol. The zero-order valence-corrected chi connectivity index (χ0v) is 17.7. The largest absolute Gasteiger partial charge is 0.435 e. The number of hydrogen-bond donors (Lipinski definition) is 3. The maximum absolute atomic E-state index is 9.64. The highest BCUT2D eigenvalue weighted by Gasteiger charge is 2.45. The summed E-state index contributed by atoms with van der Waals surface area (Å²) in [4.78, 5) is 0. The van der Waals surface area contributed by atoms with Crippen molar-refractivity contribution < 1.29 is 27.7 Å². The molecule has 0 spiro atoms. The molecule has 20 heavy (non-hydrogen) atoms. The molecule has 0 saturated carbocycles. The van der Waals surface area contributed by atoms with Crippen LogP contribution in [0.1, 0.15) is 0 Å². The standard InChI is InChI=1S/C10H30O6Si4/c1-17(2,8-11)14-19(5,6)16-20(7,10-13)15-18(3,4)9-12/h11-13H,8-10H2,1-7H3. The summed E-state index contributed by atoms with van der Waals surface area (Å²) >= 11 is 0. The molecule has 1 unspecified atom stereocenters. The molecular weight excluding hydrogens is 328 g/mol. The van der Waals surface area contributed by atoms with E-state index in [2.05, 4.69) is 0 Å². The zero-order valence-electron chi connectivity index (χ0n) is 13.7. The molecule has 3 N–H and O–H groups in total. The Kier molecular flexibility index (Phi) is 7.49. The third-order valence-corrected chi connectivity index (χ3v) is 16.4. The molecule has 6 nitrogen and oxygen atoms in total. The Bertz CT molecular complexity index is 312. The Morgan fingerprint density at radius 3 is 1.35 bits per heavy atom. The van der Waals surface area contributed by atoms with Crippen LogP contribution in [0.2, 0.25) is 45.8 Å². The van der Waals surface area contributed by atoms with Gasteiger partial charge in [-0.2, -0.15) is 0 Å². The number of aliphatic hydroxyl groups is 3. The lowest BCUT2D eigenvalue weighted by molar-refractivity contribution is 0.243. The van der Waals surface area contributed by atoms with Crippen LogP contribution in [-0.2, 0) is 12.3 Å². The van der Waals surface area contributed by atoms with E-state index >= 15 is 0 Å². The highest BCUT2D eigenvalue weighted by atomic mass is 28.5. The van der Waals surface area contributed by atoms with E-state index in [-0.39, 0.29) is 18.7 Å². The summed E-state index contributed by atoms with van der Waals surface area (Å²) < 4.78 is 18.1. The van der Waals surface area contributed by atoms with Gasteiger partial charge in [-0.3, -0.25) is 0 Å². The highest BCUT2D eigenvalue weighted by molar-refractivity contribution is 6.89. The SMILES string of the molecule is C[Si](C)(CO)O[Si](C)(C)O[Si](C)(CO)O[Si](C)(C)CO. The molecule has 0 aliphatic carbocycles. The first-order valence-electron chi connectivity index (χ1n) is 6.73. The molecule has 0 aliphatic heterocycles.